The summed E-state index contributed by atoms with van der Waals surface area (Å²) in [6, 6.07) is 12.5. The molecule has 0 radical (unpaired) electrons. The average Bonchev–Trinajstić information content (AvgIpc) is 2.81. The molecule has 0 unspecified atom stereocenters. The number of anilines is 2. The Morgan fingerprint density at radius 2 is 1.53 bits per heavy atom. The fraction of sp³-hybridized carbons (Fsp3) is 0.231. The number of nitrogens with one attached hydrogen (secondary N) is 2. The van der Waals surface area contributed by atoms with Crippen LogP contribution in [0, 0.1) is 17.5 Å². The van der Waals surface area contributed by atoms with Crippen LogP contribution in [0.1, 0.15) is 31.9 Å². The first-order chi connectivity index (χ1) is 16.8. The van der Waals surface area contributed by atoms with Crippen molar-refractivity contribution in [3.63, 3.8) is 0 Å². The van der Waals surface area contributed by atoms with Crippen LogP contribution >= 0.6 is 0 Å². The van der Waals surface area contributed by atoms with Crippen LogP contribution in [0.5, 0.6) is 0 Å². The highest BCUT2D eigenvalue weighted by molar-refractivity contribution is 7.91. The summed E-state index contributed by atoms with van der Waals surface area (Å²) in [6.07, 6.45) is -0.0625. The van der Waals surface area contributed by atoms with E-state index in [-0.39, 0.29) is 34.0 Å². The van der Waals surface area contributed by atoms with Gasteiger partial charge in [-0.15, -0.1) is 0 Å². The van der Waals surface area contributed by atoms with Crippen molar-refractivity contribution in [1.82, 2.24) is 0 Å². The third-order valence-corrected chi connectivity index (χ3v) is 7.45. The Hall–Kier alpha value is -3.66. The minimum absolute atomic E-state index is 0.00763. The van der Waals surface area contributed by atoms with Gasteiger partial charge in [-0.1, -0.05) is 25.1 Å². The van der Waals surface area contributed by atoms with Crippen molar-refractivity contribution in [2.75, 3.05) is 16.4 Å². The number of benzene rings is 3. The maximum absolute atomic E-state index is 14.9. The molecule has 0 aliphatic rings. The second-order valence-electron chi connectivity index (χ2n) is 8.67. The molecular formula is C26H25F3N2O4S. The largest absolute Gasteiger partial charge is 0.326 e. The van der Waals surface area contributed by atoms with Crippen molar-refractivity contribution in [3.05, 3.63) is 89.2 Å². The van der Waals surface area contributed by atoms with E-state index in [1.807, 2.05) is 0 Å². The molecule has 3 aromatic rings. The second kappa shape index (κ2) is 10.5. The maximum Gasteiger partial charge on any atom is 0.234 e. The molecule has 0 heterocycles. The zero-order valence-corrected chi connectivity index (χ0v) is 20.7. The number of carbonyl (C=O) groups excluding carboxylic acids is 2. The van der Waals surface area contributed by atoms with E-state index in [1.165, 1.54) is 50.2 Å². The standard InChI is InChI=1S/C26H25F3N2O4S/c1-4-36(34,35)19-9-5-16(6-10-19)13-24(32)30-18-8-11-20(21(28)15-18)26(2,3)25(33)31-23-12-7-17(27)14-22(23)29/h5-12,14-15H,4,13H2,1-3H3,(H,30,32)(H,31,33). The first-order valence-electron chi connectivity index (χ1n) is 11.0. The van der Waals surface area contributed by atoms with Gasteiger partial charge in [0.25, 0.3) is 0 Å². The van der Waals surface area contributed by atoms with Crippen molar-refractivity contribution < 1.29 is 31.2 Å². The summed E-state index contributed by atoms with van der Waals surface area (Å²) in [5, 5.41) is 4.90. The van der Waals surface area contributed by atoms with Crippen molar-refractivity contribution >= 4 is 33.0 Å². The third-order valence-electron chi connectivity index (χ3n) is 5.70. The van der Waals surface area contributed by atoms with Gasteiger partial charge in [-0.25, -0.2) is 21.6 Å². The molecule has 0 atom stereocenters. The molecule has 190 valence electrons. The quantitative estimate of drug-likeness (QED) is 0.439. The predicted octanol–water partition coefficient (Wildman–Crippen LogP) is 5.00. The van der Waals surface area contributed by atoms with Crippen LogP contribution < -0.4 is 10.6 Å². The summed E-state index contributed by atoms with van der Waals surface area (Å²) in [6.45, 7) is 4.44. The monoisotopic (exact) mass is 518 g/mol. The second-order valence-corrected chi connectivity index (χ2v) is 10.9. The van der Waals surface area contributed by atoms with Crippen LogP contribution in [0.3, 0.4) is 0 Å². The van der Waals surface area contributed by atoms with E-state index in [0.29, 0.717) is 11.6 Å². The lowest BCUT2D eigenvalue weighted by Crippen LogP contribution is -2.35. The number of halogens is 3. The summed E-state index contributed by atoms with van der Waals surface area (Å²) in [5.41, 5.74) is -0.918. The van der Waals surface area contributed by atoms with Gasteiger partial charge in [0.05, 0.1) is 28.2 Å². The minimum atomic E-state index is -3.35. The topological polar surface area (TPSA) is 92.3 Å². The number of sulfone groups is 1. The van der Waals surface area contributed by atoms with Gasteiger partial charge >= 0.3 is 0 Å². The molecule has 0 bridgehead atoms. The molecule has 3 rings (SSSR count). The Bertz CT molecular complexity index is 1410. The zero-order chi connectivity index (χ0) is 26.7. The molecule has 2 N–H and O–H groups in total. The molecule has 0 saturated carbocycles. The fourth-order valence-electron chi connectivity index (χ4n) is 3.46. The number of amides is 2. The number of hydrogen-bond donors (Lipinski definition) is 2. The summed E-state index contributed by atoms with van der Waals surface area (Å²) < 4.78 is 65.7. The highest BCUT2D eigenvalue weighted by atomic mass is 32.2. The molecule has 3 aromatic carbocycles. The lowest BCUT2D eigenvalue weighted by Gasteiger charge is -2.25. The molecule has 36 heavy (non-hydrogen) atoms. The van der Waals surface area contributed by atoms with Crippen molar-refractivity contribution in [3.8, 4) is 0 Å². The molecule has 0 saturated heterocycles. The summed E-state index contributed by atoms with van der Waals surface area (Å²) in [7, 11) is -3.35. The Morgan fingerprint density at radius 3 is 2.11 bits per heavy atom. The molecule has 0 aliphatic carbocycles. The SMILES string of the molecule is CCS(=O)(=O)c1ccc(CC(=O)Nc2ccc(C(C)(C)C(=O)Nc3ccc(F)cc3F)c(F)c2)cc1. The highest BCUT2D eigenvalue weighted by Gasteiger charge is 2.33. The van der Waals surface area contributed by atoms with E-state index in [2.05, 4.69) is 10.6 Å². The average molecular weight is 519 g/mol. The fourth-order valence-corrected chi connectivity index (χ4v) is 4.35. The van der Waals surface area contributed by atoms with Crippen molar-refractivity contribution in [2.24, 2.45) is 0 Å². The molecule has 0 fully saturated rings. The van der Waals surface area contributed by atoms with Gasteiger partial charge in [-0.05, 0) is 55.8 Å². The van der Waals surface area contributed by atoms with E-state index in [4.69, 9.17) is 0 Å². The Kier molecular flexibility index (Phi) is 7.88. The molecule has 0 spiro atoms. The van der Waals surface area contributed by atoms with Crippen LogP contribution in [-0.2, 0) is 31.3 Å². The maximum atomic E-state index is 14.9. The molecule has 0 aliphatic heterocycles. The Morgan fingerprint density at radius 1 is 0.861 bits per heavy atom. The van der Waals surface area contributed by atoms with Crippen LogP contribution in [0.15, 0.2) is 65.6 Å². The lowest BCUT2D eigenvalue weighted by atomic mass is 9.83. The zero-order valence-electron chi connectivity index (χ0n) is 19.9. The van der Waals surface area contributed by atoms with Crippen molar-refractivity contribution in [1.29, 1.82) is 0 Å². The summed E-state index contributed by atoms with van der Waals surface area (Å²) >= 11 is 0. The molecule has 2 amide bonds. The molecular weight excluding hydrogens is 493 g/mol. The van der Waals surface area contributed by atoms with E-state index in [0.717, 1.165) is 18.2 Å². The van der Waals surface area contributed by atoms with Crippen molar-refractivity contribution in [2.45, 2.75) is 37.5 Å². The van der Waals surface area contributed by atoms with Gasteiger partial charge < -0.3 is 10.6 Å². The third kappa shape index (κ3) is 6.12. The van der Waals surface area contributed by atoms with Crippen LogP contribution in [-0.4, -0.2) is 26.0 Å². The van der Waals surface area contributed by atoms with E-state index in [1.54, 1.807) is 6.92 Å². The number of carbonyl (C=O) groups is 2. The normalized spacial score (nSPS) is 11.7. The van der Waals surface area contributed by atoms with E-state index >= 15 is 0 Å². The molecule has 10 heteroatoms. The van der Waals surface area contributed by atoms with Gasteiger partial charge in [0.15, 0.2) is 9.84 Å². The van der Waals surface area contributed by atoms with Gasteiger partial charge in [-0.2, -0.15) is 0 Å². The smallest absolute Gasteiger partial charge is 0.234 e. The predicted molar refractivity (Wildman–Crippen MR) is 131 cm³/mol. The van der Waals surface area contributed by atoms with Gasteiger partial charge in [0.2, 0.25) is 11.8 Å². The van der Waals surface area contributed by atoms with Crippen LogP contribution in [0.25, 0.3) is 0 Å². The lowest BCUT2D eigenvalue weighted by molar-refractivity contribution is -0.120. The summed E-state index contributed by atoms with van der Waals surface area (Å²) in [4.78, 5) is 25.3. The highest BCUT2D eigenvalue weighted by Crippen LogP contribution is 2.30. The van der Waals surface area contributed by atoms with E-state index < -0.39 is 44.5 Å². The summed E-state index contributed by atoms with van der Waals surface area (Å²) in [5.74, 6) is -3.71. The number of hydrogen-bond acceptors (Lipinski definition) is 4. The molecule has 6 nitrogen and oxygen atoms in total. The number of rotatable bonds is 8. The Labute approximate surface area is 207 Å². The first-order valence-corrected chi connectivity index (χ1v) is 12.7. The minimum Gasteiger partial charge on any atom is -0.326 e. The van der Waals surface area contributed by atoms with Crippen LogP contribution in [0.2, 0.25) is 0 Å². The molecule has 0 aromatic heterocycles. The Balaban J connectivity index is 1.69. The van der Waals surface area contributed by atoms with Crippen LogP contribution in [0.4, 0.5) is 24.5 Å². The first kappa shape index (κ1) is 26.9. The van der Waals surface area contributed by atoms with Gasteiger partial charge in [0, 0.05) is 17.3 Å². The van der Waals surface area contributed by atoms with E-state index in [9.17, 15) is 31.2 Å². The van der Waals surface area contributed by atoms with Gasteiger partial charge in [0.1, 0.15) is 17.5 Å². The van der Waals surface area contributed by atoms with Gasteiger partial charge in [-0.3, -0.25) is 9.59 Å².